The SMILES string of the molecule is CCC(CO)(CO)COCCC[Si](C)(C)OC(C)(C)OC. The molecule has 0 aromatic rings. The summed E-state index contributed by atoms with van der Waals surface area (Å²) in [5.74, 6) is -0.540. The van der Waals surface area contributed by atoms with Crippen LogP contribution < -0.4 is 0 Å². The highest BCUT2D eigenvalue weighted by molar-refractivity contribution is 6.71. The minimum absolute atomic E-state index is 0.0502. The Hall–Kier alpha value is 0.0169. The van der Waals surface area contributed by atoms with Gasteiger partial charge in [-0.3, -0.25) is 0 Å². The van der Waals surface area contributed by atoms with Crippen molar-refractivity contribution in [2.45, 2.75) is 58.5 Å². The van der Waals surface area contributed by atoms with Crippen LogP contribution in [0.4, 0.5) is 0 Å². The first kappa shape index (κ1) is 21.0. The van der Waals surface area contributed by atoms with E-state index in [4.69, 9.17) is 13.9 Å². The highest BCUT2D eigenvalue weighted by Crippen LogP contribution is 2.24. The van der Waals surface area contributed by atoms with Gasteiger partial charge in [0.25, 0.3) is 0 Å². The van der Waals surface area contributed by atoms with Crippen LogP contribution in [0.5, 0.6) is 0 Å². The minimum Gasteiger partial charge on any atom is -0.396 e. The summed E-state index contributed by atoms with van der Waals surface area (Å²) < 4.78 is 17.0. The van der Waals surface area contributed by atoms with E-state index in [0.717, 1.165) is 12.5 Å². The van der Waals surface area contributed by atoms with Gasteiger partial charge in [-0.15, -0.1) is 0 Å². The Morgan fingerprint density at radius 2 is 1.67 bits per heavy atom. The lowest BCUT2D eigenvalue weighted by atomic mass is 9.88. The number of methoxy groups -OCH3 is 1. The van der Waals surface area contributed by atoms with Gasteiger partial charge in [-0.2, -0.15) is 0 Å². The standard InChI is InChI=1S/C15H34O5Si/c1-7-15(11-16,12-17)13-19-9-8-10-21(5,6)20-14(2,3)18-4/h16-17H,7-13H2,1-6H3. The normalized spacial score (nSPS) is 13.7. The molecule has 0 aromatic heterocycles. The number of hydrogen-bond donors (Lipinski definition) is 2. The first-order valence-electron chi connectivity index (χ1n) is 7.71. The molecule has 0 heterocycles. The van der Waals surface area contributed by atoms with E-state index in [0.29, 0.717) is 19.6 Å². The highest BCUT2D eigenvalue weighted by Gasteiger charge is 2.31. The van der Waals surface area contributed by atoms with Gasteiger partial charge in [0.1, 0.15) is 0 Å². The predicted molar refractivity (Wildman–Crippen MR) is 86.8 cm³/mol. The number of hydrogen-bond acceptors (Lipinski definition) is 5. The van der Waals surface area contributed by atoms with Gasteiger partial charge < -0.3 is 24.1 Å². The maximum atomic E-state index is 9.35. The van der Waals surface area contributed by atoms with Crippen LogP contribution in [0.2, 0.25) is 19.1 Å². The van der Waals surface area contributed by atoms with Crippen molar-refractivity contribution in [1.29, 1.82) is 0 Å². The topological polar surface area (TPSA) is 68.2 Å². The Morgan fingerprint density at radius 1 is 1.10 bits per heavy atom. The van der Waals surface area contributed by atoms with Crippen LogP contribution in [0.15, 0.2) is 0 Å². The molecule has 0 aromatic carbocycles. The second-order valence-electron chi connectivity index (χ2n) is 6.79. The van der Waals surface area contributed by atoms with E-state index >= 15 is 0 Å². The molecule has 0 aliphatic carbocycles. The second-order valence-corrected chi connectivity index (χ2v) is 11.0. The molecule has 0 radical (unpaired) electrons. The monoisotopic (exact) mass is 322 g/mol. The van der Waals surface area contributed by atoms with Gasteiger partial charge in [0, 0.05) is 19.1 Å². The molecule has 128 valence electrons. The Morgan fingerprint density at radius 3 is 2.10 bits per heavy atom. The molecule has 0 bridgehead atoms. The maximum Gasteiger partial charge on any atom is 0.190 e. The van der Waals surface area contributed by atoms with Crippen molar-refractivity contribution in [3.05, 3.63) is 0 Å². The van der Waals surface area contributed by atoms with E-state index in [1.165, 1.54) is 0 Å². The van der Waals surface area contributed by atoms with Crippen molar-refractivity contribution in [2.24, 2.45) is 5.41 Å². The highest BCUT2D eigenvalue weighted by atomic mass is 28.4. The molecule has 0 fully saturated rings. The average molecular weight is 323 g/mol. The average Bonchev–Trinajstić information content (AvgIpc) is 2.42. The Balaban J connectivity index is 4.04. The summed E-state index contributed by atoms with van der Waals surface area (Å²) in [6, 6.07) is 0.983. The van der Waals surface area contributed by atoms with E-state index in [1.807, 2.05) is 20.8 Å². The zero-order chi connectivity index (χ0) is 16.6. The lowest BCUT2D eigenvalue weighted by Crippen LogP contribution is -2.42. The van der Waals surface area contributed by atoms with Crippen molar-refractivity contribution in [3.8, 4) is 0 Å². The molecule has 0 atom stereocenters. The molecule has 21 heavy (non-hydrogen) atoms. The quantitative estimate of drug-likeness (QED) is 0.328. The van der Waals surface area contributed by atoms with Crippen molar-refractivity contribution in [3.63, 3.8) is 0 Å². The van der Waals surface area contributed by atoms with Crippen LogP contribution >= 0.6 is 0 Å². The van der Waals surface area contributed by atoms with E-state index in [-0.39, 0.29) is 13.2 Å². The summed E-state index contributed by atoms with van der Waals surface area (Å²) in [6.07, 6.45) is 1.61. The first-order chi connectivity index (χ1) is 9.66. The fourth-order valence-electron chi connectivity index (χ4n) is 2.11. The van der Waals surface area contributed by atoms with Crippen LogP contribution in [0.25, 0.3) is 0 Å². The molecular weight excluding hydrogens is 288 g/mol. The predicted octanol–water partition coefficient (Wildman–Crippen LogP) is 2.38. The van der Waals surface area contributed by atoms with E-state index in [2.05, 4.69) is 13.1 Å². The van der Waals surface area contributed by atoms with E-state index < -0.39 is 19.5 Å². The smallest absolute Gasteiger partial charge is 0.190 e. The summed E-state index contributed by atoms with van der Waals surface area (Å²) >= 11 is 0. The summed E-state index contributed by atoms with van der Waals surface area (Å²) in [6.45, 7) is 11.1. The van der Waals surface area contributed by atoms with Gasteiger partial charge in [0.05, 0.1) is 19.8 Å². The maximum absolute atomic E-state index is 9.35. The second kappa shape index (κ2) is 9.22. The summed E-state index contributed by atoms with van der Waals surface area (Å²) in [5, 5.41) is 18.7. The largest absolute Gasteiger partial charge is 0.396 e. The zero-order valence-electron chi connectivity index (χ0n) is 14.6. The first-order valence-corrected chi connectivity index (χ1v) is 10.8. The van der Waals surface area contributed by atoms with Gasteiger partial charge in [-0.05, 0) is 45.8 Å². The molecule has 5 nitrogen and oxygen atoms in total. The molecule has 0 saturated heterocycles. The van der Waals surface area contributed by atoms with Crippen molar-refractivity contribution in [2.75, 3.05) is 33.5 Å². The van der Waals surface area contributed by atoms with Crippen LogP contribution in [0, 0.1) is 5.41 Å². The molecule has 2 N–H and O–H groups in total. The van der Waals surface area contributed by atoms with Crippen molar-refractivity contribution < 1.29 is 24.1 Å². The molecule has 0 aliphatic heterocycles. The number of ether oxygens (including phenoxy) is 2. The Labute approximate surface area is 130 Å². The fourth-order valence-corrected chi connectivity index (χ4v) is 4.63. The molecule has 6 heteroatoms. The van der Waals surface area contributed by atoms with Crippen LogP contribution in [-0.2, 0) is 13.9 Å². The number of aliphatic hydroxyl groups excluding tert-OH is 2. The Bertz CT molecular complexity index is 269. The van der Waals surface area contributed by atoms with Gasteiger partial charge >= 0.3 is 0 Å². The van der Waals surface area contributed by atoms with Gasteiger partial charge in [-0.1, -0.05) is 6.92 Å². The van der Waals surface area contributed by atoms with Gasteiger partial charge in [0.2, 0.25) is 0 Å². The van der Waals surface area contributed by atoms with Crippen molar-refractivity contribution >= 4 is 8.32 Å². The lowest BCUT2D eigenvalue weighted by molar-refractivity contribution is -0.141. The molecule has 0 unspecified atom stereocenters. The molecular formula is C15H34O5Si. The van der Waals surface area contributed by atoms with E-state index in [9.17, 15) is 10.2 Å². The minimum atomic E-state index is -1.78. The fraction of sp³-hybridized carbons (Fsp3) is 1.00. The number of aliphatic hydroxyl groups is 2. The zero-order valence-corrected chi connectivity index (χ0v) is 15.6. The van der Waals surface area contributed by atoms with Crippen LogP contribution in [-0.4, -0.2) is 57.9 Å². The van der Waals surface area contributed by atoms with Crippen molar-refractivity contribution in [1.82, 2.24) is 0 Å². The van der Waals surface area contributed by atoms with Gasteiger partial charge in [0.15, 0.2) is 14.1 Å². The third kappa shape index (κ3) is 8.28. The third-order valence-corrected chi connectivity index (χ3v) is 6.51. The van der Waals surface area contributed by atoms with E-state index in [1.54, 1.807) is 7.11 Å². The number of rotatable bonds is 12. The molecule has 0 saturated carbocycles. The molecule has 0 spiro atoms. The summed E-state index contributed by atoms with van der Waals surface area (Å²) in [5.41, 5.74) is -0.512. The lowest BCUT2D eigenvalue weighted by Gasteiger charge is -2.34. The molecule has 0 rings (SSSR count). The van der Waals surface area contributed by atoms with Gasteiger partial charge in [-0.25, -0.2) is 0 Å². The summed E-state index contributed by atoms with van der Waals surface area (Å²) in [7, 11) is -0.130. The molecule has 0 amide bonds. The Kier molecular flexibility index (Phi) is 9.23. The van der Waals surface area contributed by atoms with Crippen LogP contribution in [0.1, 0.15) is 33.6 Å². The third-order valence-electron chi connectivity index (χ3n) is 3.91. The summed E-state index contributed by atoms with van der Waals surface area (Å²) in [4.78, 5) is 0. The molecule has 0 aliphatic rings. The van der Waals surface area contributed by atoms with Crippen LogP contribution in [0.3, 0.4) is 0 Å².